The number of halogens is 2. The van der Waals surface area contributed by atoms with Gasteiger partial charge in [-0.25, -0.2) is 13.8 Å². The van der Waals surface area contributed by atoms with Gasteiger partial charge in [-0.1, -0.05) is 55.5 Å². The summed E-state index contributed by atoms with van der Waals surface area (Å²) in [5.74, 6) is -1.47. The molecule has 0 unspecified atom stereocenters. The predicted molar refractivity (Wildman–Crippen MR) is 110 cm³/mol. The van der Waals surface area contributed by atoms with Crippen LogP contribution in [0.15, 0.2) is 42.5 Å². The van der Waals surface area contributed by atoms with E-state index in [1.807, 2.05) is 30.3 Å². The monoisotopic (exact) mass is 403 g/mol. The molecule has 0 N–H and O–H groups in total. The molecule has 3 rings (SSSR count). The summed E-state index contributed by atoms with van der Waals surface area (Å²) < 4.78 is 28.0. The number of fused-ring (bicyclic) bond motifs is 1. The van der Waals surface area contributed by atoms with Crippen LogP contribution in [0.5, 0.6) is 0 Å². The summed E-state index contributed by atoms with van der Waals surface area (Å²) in [6, 6.07) is 11.5. The average Bonchev–Trinajstić information content (AvgIpc) is 3.10. The van der Waals surface area contributed by atoms with Gasteiger partial charge in [0.1, 0.15) is 11.3 Å². The molecule has 1 heterocycles. The van der Waals surface area contributed by atoms with Gasteiger partial charge in [-0.05, 0) is 24.7 Å². The largest absolute Gasteiger partial charge is 0.302 e. The average molecular weight is 403 g/mol. The molecule has 1 aromatic heterocycles. The van der Waals surface area contributed by atoms with E-state index in [1.54, 1.807) is 4.90 Å². The maximum Gasteiger partial charge on any atom is 0.233 e. The van der Waals surface area contributed by atoms with E-state index in [2.05, 4.69) is 23.7 Å². The van der Waals surface area contributed by atoms with Crippen molar-refractivity contribution in [3.8, 4) is 0 Å². The minimum atomic E-state index is -0.711. The Hall–Kier alpha value is -2.38. The number of likely N-dealkylation sites (N-methyl/N-ethyl adjacent to an activating group) is 1. The third kappa shape index (κ3) is 4.72. The molecule has 0 saturated carbocycles. The van der Waals surface area contributed by atoms with Gasteiger partial charge in [-0.15, -0.1) is 0 Å². The van der Waals surface area contributed by atoms with E-state index < -0.39 is 11.6 Å². The van der Waals surface area contributed by atoms with E-state index in [-0.39, 0.29) is 17.8 Å². The fraction of sp³-hybridized carbons (Fsp3) is 0.333. The summed E-state index contributed by atoms with van der Waals surface area (Å²) in [5, 5.41) is 0.396. The zero-order valence-corrected chi connectivity index (χ0v) is 16.8. The van der Waals surface area contributed by atoms with Gasteiger partial charge in [0.2, 0.25) is 5.91 Å². The summed E-state index contributed by atoms with van der Waals surface area (Å²) in [7, 11) is 0. The zero-order valence-electron chi connectivity index (χ0n) is 16.0. The Morgan fingerprint density at radius 2 is 1.79 bits per heavy atom. The molecule has 0 aliphatic rings. The number of benzene rings is 2. The van der Waals surface area contributed by atoms with Crippen LogP contribution in [0.4, 0.5) is 13.9 Å². The maximum absolute atomic E-state index is 14.1. The van der Waals surface area contributed by atoms with E-state index in [0.717, 1.165) is 36.1 Å². The smallest absolute Gasteiger partial charge is 0.233 e. The Morgan fingerprint density at radius 1 is 1.07 bits per heavy atom. The van der Waals surface area contributed by atoms with Crippen molar-refractivity contribution in [1.82, 2.24) is 9.88 Å². The first-order valence-corrected chi connectivity index (χ1v) is 10.2. The molecule has 0 aliphatic carbocycles. The number of hydrogen-bond acceptors (Lipinski definition) is 4. The molecule has 4 nitrogen and oxygen atoms in total. The lowest BCUT2D eigenvalue weighted by Gasteiger charge is -2.24. The standard InChI is InChI=1S/C21H23F2N3OS/c1-3-25(4-2)10-11-26(19(27)12-15-8-6-5-7-9-15)21-24-20-17(23)13-16(22)14-18(20)28-21/h5-9,13-14H,3-4,10-12H2,1-2H3. The molecule has 3 aromatic rings. The van der Waals surface area contributed by atoms with Gasteiger partial charge in [0.25, 0.3) is 0 Å². The number of amides is 1. The van der Waals surface area contributed by atoms with Crippen LogP contribution in [0.2, 0.25) is 0 Å². The third-order valence-electron chi connectivity index (χ3n) is 4.67. The van der Waals surface area contributed by atoms with Crippen LogP contribution < -0.4 is 4.90 Å². The molecule has 7 heteroatoms. The first kappa shape index (κ1) is 20.4. The van der Waals surface area contributed by atoms with Gasteiger partial charge in [-0.3, -0.25) is 9.69 Å². The summed E-state index contributed by atoms with van der Waals surface area (Å²) >= 11 is 1.13. The quantitative estimate of drug-likeness (QED) is 0.556. The number of rotatable bonds is 8. The van der Waals surface area contributed by atoms with Crippen LogP contribution in [0, 0.1) is 11.6 Å². The first-order chi connectivity index (χ1) is 13.5. The van der Waals surface area contributed by atoms with E-state index in [4.69, 9.17) is 0 Å². The number of thiazole rings is 1. The van der Waals surface area contributed by atoms with Gasteiger partial charge in [0, 0.05) is 19.2 Å². The SMILES string of the molecule is CCN(CC)CCN(C(=O)Cc1ccccc1)c1nc2c(F)cc(F)cc2s1. The molecule has 0 aliphatic heterocycles. The Balaban J connectivity index is 1.91. The zero-order chi connectivity index (χ0) is 20.1. The highest BCUT2D eigenvalue weighted by Gasteiger charge is 2.22. The summed E-state index contributed by atoms with van der Waals surface area (Å²) in [6.45, 7) is 7.00. The number of nitrogens with zero attached hydrogens (tertiary/aromatic N) is 3. The number of carbonyl (C=O) groups excluding carboxylic acids is 1. The molecular weight excluding hydrogens is 380 g/mol. The van der Waals surface area contributed by atoms with E-state index in [0.29, 0.717) is 22.9 Å². The van der Waals surface area contributed by atoms with Crippen molar-refractivity contribution in [2.24, 2.45) is 0 Å². The maximum atomic E-state index is 14.1. The second kappa shape index (κ2) is 9.21. The van der Waals surface area contributed by atoms with Crippen LogP contribution in [-0.4, -0.2) is 42.0 Å². The summed E-state index contributed by atoms with van der Waals surface area (Å²) in [6.07, 6.45) is 0.228. The Morgan fingerprint density at radius 3 is 2.46 bits per heavy atom. The van der Waals surface area contributed by atoms with Gasteiger partial charge in [0.05, 0.1) is 11.1 Å². The van der Waals surface area contributed by atoms with Crippen molar-refractivity contribution in [2.45, 2.75) is 20.3 Å². The Labute approximate surface area is 167 Å². The molecule has 0 spiro atoms. The minimum Gasteiger partial charge on any atom is -0.302 e. The highest BCUT2D eigenvalue weighted by atomic mass is 32.1. The fourth-order valence-electron chi connectivity index (χ4n) is 3.04. The number of anilines is 1. The van der Waals surface area contributed by atoms with Crippen molar-refractivity contribution < 1.29 is 13.6 Å². The minimum absolute atomic E-state index is 0.0988. The summed E-state index contributed by atoms with van der Waals surface area (Å²) in [5.41, 5.74) is 1.00. The summed E-state index contributed by atoms with van der Waals surface area (Å²) in [4.78, 5) is 21.1. The number of carbonyl (C=O) groups is 1. The molecule has 1 amide bonds. The highest BCUT2D eigenvalue weighted by molar-refractivity contribution is 7.22. The molecule has 0 saturated heterocycles. The lowest BCUT2D eigenvalue weighted by molar-refractivity contribution is -0.118. The van der Waals surface area contributed by atoms with E-state index in [9.17, 15) is 13.6 Å². The Kier molecular flexibility index (Phi) is 6.70. The molecular formula is C21H23F2N3OS. The van der Waals surface area contributed by atoms with Crippen LogP contribution in [-0.2, 0) is 11.2 Å². The van der Waals surface area contributed by atoms with Crippen molar-refractivity contribution in [1.29, 1.82) is 0 Å². The van der Waals surface area contributed by atoms with Crippen LogP contribution in [0.25, 0.3) is 10.2 Å². The molecule has 28 heavy (non-hydrogen) atoms. The van der Waals surface area contributed by atoms with Crippen LogP contribution >= 0.6 is 11.3 Å². The van der Waals surface area contributed by atoms with Crippen molar-refractivity contribution in [3.63, 3.8) is 0 Å². The molecule has 0 radical (unpaired) electrons. The van der Waals surface area contributed by atoms with Gasteiger partial charge < -0.3 is 4.90 Å². The lowest BCUT2D eigenvalue weighted by Crippen LogP contribution is -2.39. The van der Waals surface area contributed by atoms with E-state index in [1.165, 1.54) is 6.07 Å². The second-order valence-corrected chi connectivity index (χ2v) is 7.47. The topological polar surface area (TPSA) is 36.4 Å². The number of aromatic nitrogens is 1. The molecule has 0 bridgehead atoms. The van der Waals surface area contributed by atoms with Gasteiger partial charge >= 0.3 is 0 Å². The molecule has 148 valence electrons. The predicted octanol–water partition coefficient (Wildman–Crippen LogP) is 4.49. The lowest BCUT2D eigenvalue weighted by atomic mass is 10.1. The molecule has 2 aromatic carbocycles. The molecule has 0 fully saturated rings. The third-order valence-corrected chi connectivity index (χ3v) is 5.69. The highest BCUT2D eigenvalue weighted by Crippen LogP contribution is 2.31. The first-order valence-electron chi connectivity index (χ1n) is 9.34. The number of hydrogen-bond donors (Lipinski definition) is 0. The fourth-order valence-corrected chi connectivity index (χ4v) is 4.08. The Bertz CT molecular complexity index is 941. The van der Waals surface area contributed by atoms with Crippen LogP contribution in [0.3, 0.4) is 0 Å². The normalized spacial score (nSPS) is 11.3. The van der Waals surface area contributed by atoms with Gasteiger partial charge in [0.15, 0.2) is 10.9 Å². The van der Waals surface area contributed by atoms with Crippen LogP contribution in [0.1, 0.15) is 19.4 Å². The van der Waals surface area contributed by atoms with Crippen molar-refractivity contribution in [2.75, 3.05) is 31.1 Å². The molecule has 0 atom stereocenters. The van der Waals surface area contributed by atoms with Gasteiger partial charge in [-0.2, -0.15) is 0 Å². The van der Waals surface area contributed by atoms with Crippen molar-refractivity contribution >= 4 is 32.6 Å². The second-order valence-electron chi connectivity index (χ2n) is 6.47. The van der Waals surface area contributed by atoms with Crippen molar-refractivity contribution in [3.05, 3.63) is 59.7 Å². The van der Waals surface area contributed by atoms with E-state index >= 15 is 0 Å².